The maximum Gasteiger partial charge on any atom is 0.0759 e. The Kier molecular flexibility index (Phi) is 7.25. The first-order valence-corrected chi connectivity index (χ1v) is 13.0. The highest BCUT2D eigenvalue weighted by molar-refractivity contribution is 7.09. The second-order valence-electron chi connectivity index (χ2n) is 8.82. The minimum atomic E-state index is 0.741. The first-order valence-electron chi connectivity index (χ1n) is 12.1. The van der Waals surface area contributed by atoms with Gasteiger partial charge in [0.2, 0.25) is 0 Å². The summed E-state index contributed by atoms with van der Waals surface area (Å²) in [5.41, 5.74) is 8.01. The van der Waals surface area contributed by atoms with Crippen molar-refractivity contribution < 1.29 is 0 Å². The first-order chi connectivity index (χ1) is 17.7. The molecule has 1 aromatic heterocycles. The molecular weight excluding hydrogens is 458 g/mol. The fraction of sp³-hybridized carbons (Fsp3) is 0.0938. The molecule has 0 amide bonds. The average Bonchev–Trinajstić information content (AvgIpc) is 3.43. The standard InChI is InChI=1S/C32H29N3S/c1-25-10-16-29(17-11-25)35(30-18-12-26(2)13-19-30)31-20-14-27(15-21-31)23-33-34(24-32-9-6-22-36-32)28-7-4-3-5-8-28/h3-23H,24H2,1-2H3/b33-23+. The Morgan fingerprint density at radius 3 is 1.69 bits per heavy atom. The predicted octanol–water partition coefficient (Wildman–Crippen LogP) is 8.88. The van der Waals surface area contributed by atoms with Crippen LogP contribution in [0.25, 0.3) is 0 Å². The molecule has 4 aromatic carbocycles. The van der Waals surface area contributed by atoms with Crippen LogP contribution in [0.3, 0.4) is 0 Å². The van der Waals surface area contributed by atoms with Gasteiger partial charge in [0.1, 0.15) is 0 Å². The Balaban J connectivity index is 1.42. The summed E-state index contributed by atoms with van der Waals surface area (Å²) in [6.07, 6.45) is 1.94. The van der Waals surface area contributed by atoms with E-state index in [0.29, 0.717) is 0 Å². The lowest BCUT2D eigenvalue weighted by molar-refractivity contribution is 0.871. The van der Waals surface area contributed by atoms with E-state index in [9.17, 15) is 0 Å². The van der Waals surface area contributed by atoms with Gasteiger partial charge in [0, 0.05) is 21.9 Å². The average molecular weight is 488 g/mol. The molecule has 4 heteroatoms. The summed E-state index contributed by atoms with van der Waals surface area (Å²) in [6, 6.07) is 40.4. The number of anilines is 4. The van der Waals surface area contributed by atoms with Gasteiger partial charge in [-0.1, -0.05) is 71.8 Å². The molecule has 0 radical (unpaired) electrons. The van der Waals surface area contributed by atoms with E-state index in [0.717, 1.165) is 34.9 Å². The smallest absolute Gasteiger partial charge is 0.0759 e. The quantitative estimate of drug-likeness (QED) is 0.161. The number of thiophene rings is 1. The van der Waals surface area contributed by atoms with Gasteiger partial charge in [0.05, 0.1) is 18.4 Å². The predicted molar refractivity (Wildman–Crippen MR) is 155 cm³/mol. The molecule has 178 valence electrons. The Morgan fingerprint density at radius 2 is 1.17 bits per heavy atom. The normalized spacial score (nSPS) is 11.1. The molecule has 1 heterocycles. The van der Waals surface area contributed by atoms with Crippen LogP contribution in [0.5, 0.6) is 0 Å². The van der Waals surface area contributed by atoms with Crippen LogP contribution in [0.2, 0.25) is 0 Å². The molecule has 0 aliphatic heterocycles. The molecule has 5 rings (SSSR count). The second-order valence-corrected chi connectivity index (χ2v) is 9.85. The van der Waals surface area contributed by atoms with E-state index in [1.807, 2.05) is 29.4 Å². The van der Waals surface area contributed by atoms with E-state index in [1.165, 1.54) is 16.0 Å². The lowest BCUT2D eigenvalue weighted by Crippen LogP contribution is -2.15. The van der Waals surface area contributed by atoms with Gasteiger partial charge >= 0.3 is 0 Å². The summed E-state index contributed by atoms with van der Waals surface area (Å²) in [5.74, 6) is 0. The second kappa shape index (κ2) is 11.1. The fourth-order valence-electron chi connectivity index (χ4n) is 4.03. The zero-order valence-corrected chi connectivity index (χ0v) is 21.4. The van der Waals surface area contributed by atoms with E-state index in [-0.39, 0.29) is 0 Å². The molecule has 3 nitrogen and oxygen atoms in total. The first kappa shape index (κ1) is 23.6. The zero-order chi connectivity index (χ0) is 24.7. The molecule has 0 spiro atoms. The molecule has 0 saturated carbocycles. The van der Waals surface area contributed by atoms with Crippen molar-refractivity contribution in [1.29, 1.82) is 0 Å². The van der Waals surface area contributed by atoms with Gasteiger partial charge in [-0.15, -0.1) is 11.3 Å². The van der Waals surface area contributed by atoms with Crippen molar-refractivity contribution in [2.75, 3.05) is 9.91 Å². The molecule has 0 atom stereocenters. The number of rotatable bonds is 8. The van der Waals surface area contributed by atoms with E-state index in [2.05, 4.69) is 121 Å². The third-order valence-electron chi connectivity index (χ3n) is 6.02. The van der Waals surface area contributed by atoms with E-state index in [1.54, 1.807) is 11.3 Å². The van der Waals surface area contributed by atoms with Crippen LogP contribution in [0.15, 0.2) is 126 Å². The Bertz CT molecular complexity index is 1340. The summed E-state index contributed by atoms with van der Waals surface area (Å²) >= 11 is 1.75. The molecule has 5 aromatic rings. The lowest BCUT2D eigenvalue weighted by Gasteiger charge is -2.26. The summed E-state index contributed by atoms with van der Waals surface area (Å²) < 4.78 is 0. The zero-order valence-electron chi connectivity index (χ0n) is 20.6. The Labute approximate surface area is 217 Å². The highest BCUT2D eigenvalue weighted by atomic mass is 32.1. The summed E-state index contributed by atoms with van der Waals surface area (Å²) in [5, 5.41) is 9.00. The largest absolute Gasteiger partial charge is 0.311 e. The van der Waals surface area contributed by atoms with Gasteiger partial charge < -0.3 is 4.90 Å². The van der Waals surface area contributed by atoms with E-state index in [4.69, 9.17) is 5.10 Å². The molecule has 0 N–H and O–H groups in total. The Hall–Kier alpha value is -4.15. The number of hydrogen-bond donors (Lipinski definition) is 0. The van der Waals surface area contributed by atoms with Crippen molar-refractivity contribution in [3.05, 3.63) is 142 Å². The van der Waals surface area contributed by atoms with E-state index < -0.39 is 0 Å². The molecule has 0 aliphatic rings. The number of hydrazone groups is 1. The van der Waals surface area contributed by atoms with Crippen LogP contribution in [0.4, 0.5) is 22.7 Å². The van der Waals surface area contributed by atoms with Crippen molar-refractivity contribution in [2.45, 2.75) is 20.4 Å². The third-order valence-corrected chi connectivity index (χ3v) is 6.88. The number of hydrogen-bond acceptors (Lipinski definition) is 4. The van der Waals surface area contributed by atoms with Gasteiger partial charge in [0.15, 0.2) is 0 Å². The van der Waals surface area contributed by atoms with Crippen molar-refractivity contribution in [2.24, 2.45) is 5.10 Å². The maximum atomic E-state index is 4.85. The van der Waals surface area contributed by atoms with Crippen LogP contribution in [-0.4, -0.2) is 6.21 Å². The summed E-state index contributed by atoms with van der Waals surface area (Å²) in [6.45, 7) is 4.97. The molecule has 0 bridgehead atoms. The van der Waals surface area contributed by atoms with Gasteiger partial charge in [-0.25, -0.2) is 0 Å². The van der Waals surface area contributed by atoms with Gasteiger partial charge in [-0.05, 0) is 79.4 Å². The molecule has 0 fully saturated rings. The van der Waals surface area contributed by atoms with Crippen LogP contribution in [-0.2, 0) is 6.54 Å². The molecule has 0 aliphatic carbocycles. The number of aryl methyl sites for hydroxylation is 2. The van der Waals surface area contributed by atoms with Gasteiger partial charge in [-0.3, -0.25) is 5.01 Å². The van der Waals surface area contributed by atoms with Crippen LogP contribution < -0.4 is 9.91 Å². The summed E-state index contributed by atoms with van der Waals surface area (Å²) in [7, 11) is 0. The maximum absolute atomic E-state index is 4.85. The molecule has 36 heavy (non-hydrogen) atoms. The van der Waals surface area contributed by atoms with Crippen LogP contribution in [0.1, 0.15) is 21.6 Å². The molecule has 0 saturated heterocycles. The van der Waals surface area contributed by atoms with Crippen molar-refractivity contribution in [3.8, 4) is 0 Å². The van der Waals surface area contributed by atoms with Crippen LogP contribution in [0, 0.1) is 13.8 Å². The number of nitrogens with zero attached hydrogens (tertiary/aromatic N) is 3. The fourth-order valence-corrected chi connectivity index (χ4v) is 4.72. The van der Waals surface area contributed by atoms with Crippen LogP contribution >= 0.6 is 11.3 Å². The lowest BCUT2D eigenvalue weighted by atomic mass is 10.1. The minimum absolute atomic E-state index is 0.741. The minimum Gasteiger partial charge on any atom is -0.311 e. The highest BCUT2D eigenvalue weighted by Crippen LogP contribution is 2.34. The van der Waals surface area contributed by atoms with Gasteiger partial charge in [-0.2, -0.15) is 5.10 Å². The molecular formula is C32H29N3S. The topological polar surface area (TPSA) is 18.8 Å². The highest BCUT2D eigenvalue weighted by Gasteiger charge is 2.12. The third kappa shape index (κ3) is 5.73. The van der Waals surface area contributed by atoms with Gasteiger partial charge in [0.25, 0.3) is 0 Å². The number of para-hydroxylation sites is 1. The Morgan fingerprint density at radius 1 is 0.611 bits per heavy atom. The SMILES string of the molecule is Cc1ccc(N(c2ccc(C)cc2)c2ccc(/C=N/N(Cc3cccs3)c3ccccc3)cc2)cc1. The monoisotopic (exact) mass is 487 g/mol. The number of benzene rings is 4. The van der Waals surface area contributed by atoms with E-state index >= 15 is 0 Å². The van der Waals surface area contributed by atoms with Crippen molar-refractivity contribution in [3.63, 3.8) is 0 Å². The summed E-state index contributed by atoms with van der Waals surface area (Å²) in [4.78, 5) is 3.56. The van der Waals surface area contributed by atoms with Crippen molar-refractivity contribution in [1.82, 2.24) is 0 Å². The van der Waals surface area contributed by atoms with Crippen molar-refractivity contribution >= 4 is 40.3 Å². The molecule has 0 unspecified atom stereocenters.